The molecule has 30 heavy (non-hydrogen) atoms. The average molecular weight is 420 g/mol. The van der Waals surface area contributed by atoms with Gasteiger partial charge >= 0.3 is 6.09 Å². The van der Waals surface area contributed by atoms with Crippen LogP contribution in [-0.4, -0.2) is 61.2 Å². The van der Waals surface area contributed by atoms with Crippen molar-refractivity contribution in [3.63, 3.8) is 0 Å². The van der Waals surface area contributed by atoms with Crippen molar-refractivity contribution in [1.29, 1.82) is 0 Å². The highest BCUT2D eigenvalue weighted by Gasteiger charge is 2.24. The molecule has 0 bridgehead atoms. The number of amides is 3. The fraction of sp³-hybridized carbons (Fsp3) is 0.591. The molecule has 1 aromatic carbocycles. The molecule has 0 saturated carbocycles. The first kappa shape index (κ1) is 23.5. The number of likely N-dealkylation sites (tertiary alicyclic amines) is 1. The number of hydrogen-bond donors (Lipinski definition) is 2. The lowest BCUT2D eigenvalue weighted by Gasteiger charge is -2.32. The van der Waals surface area contributed by atoms with Gasteiger partial charge in [0.05, 0.1) is 7.11 Å². The van der Waals surface area contributed by atoms with E-state index in [0.717, 1.165) is 11.3 Å². The number of carbonyl (C=O) groups excluding carboxylic acids is 3. The molecule has 0 aliphatic carbocycles. The lowest BCUT2D eigenvalue weighted by Crippen LogP contribution is -2.49. The number of methoxy groups -OCH3 is 1. The van der Waals surface area contributed by atoms with E-state index in [1.54, 1.807) is 32.8 Å². The number of nitrogens with one attached hydrogen (secondary N) is 2. The Balaban J connectivity index is 1.66. The second-order valence-corrected chi connectivity index (χ2v) is 8.43. The lowest BCUT2D eigenvalue weighted by molar-refractivity contribution is -0.131. The van der Waals surface area contributed by atoms with Crippen LogP contribution in [0.15, 0.2) is 24.3 Å². The van der Waals surface area contributed by atoms with Crippen LogP contribution >= 0.6 is 0 Å². The maximum Gasteiger partial charge on any atom is 0.408 e. The van der Waals surface area contributed by atoms with Gasteiger partial charge in [-0.2, -0.15) is 0 Å². The van der Waals surface area contributed by atoms with Gasteiger partial charge in [-0.15, -0.1) is 0 Å². The average Bonchev–Trinajstić information content (AvgIpc) is 2.70. The van der Waals surface area contributed by atoms with Crippen molar-refractivity contribution in [1.82, 2.24) is 15.5 Å². The third-order valence-electron chi connectivity index (χ3n) is 4.77. The van der Waals surface area contributed by atoms with E-state index in [-0.39, 0.29) is 24.4 Å². The topological polar surface area (TPSA) is 97.0 Å². The Labute approximate surface area is 178 Å². The van der Waals surface area contributed by atoms with Crippen LogP contribution in [0.3, 0.4) is 0 Å². The van der Waals surface area contributed by atoms with E-state index < -0.39 is 11.7 Å². The minimum absolute atomic E-state index is 0.00851. The summed E-state index contributed by atoms with van der Waals surface area (Å²) >= 11 is 0. The fourth-order valence-electron chi connectivity index (χ4n) is 3.23. The Hall–Kier alpha value is -2.77. The zero-order valence-corrected chi connectivity index (χ0v) is 18.3. The zero-order valence-electron chi connectivity index (χ0n) is 18.3. The van der Waals surface area contributed by atoms with Gasteiger partial charge in [0.1, 0.15) is 17.9 Å². The molecule has 1 fully saturated rings. The van der Waals surface area contributed by atoms with Crippen molar-refractivity contribution in [3.8, 4) is 5.75 Å². The van der Waals surface area contributed by atoms with Crippen LogP contribution in [0, 0.1) is 0 Å². The lowest BCUT2D eigenvalue weighted by atomic mass is 10.0. The molecule has 1 aliphatic rings. The summed E-state index contributed by atoms with van der Waals surface area (Å²) in [7, 11) is 1.62. The summed E-state index contributed by atoms with van der Waals surface area (Å²) in [6.45, 7) is 6.32. The van der Waals surface area contributed by atoms with E-state index in [1.807, 2.05) is 24.3 Å². The summed E-state index contributed by atoms with van der Waals surface area (Å²) in [6, 6.07) is 7.76. The normalized spacial score (nSPS) is 14.7. The molecule has 2 N–H and O–H groups in total. The summed E-state index contributed by atoms with van der Waals surface area (Å²) in [5.74, 6) is 0.643. The number of carbonyl (C=O) groups is 3. The van der Waals surface area contributed by atoms with Gasteiger partial charge in [0.25, 0.3) is 0 Å². The molecular weight excluding hydrogens is 386 g/mol. The number of piperidine rings is 1. The zero-order chi connectivity index (χ0) is 22.1. The van der Waals surface area contributed by atoms with Crippen molar-refractivity contribution in [2.24, 2.45) is 0 Å². The number of benzene rings is 1. The molecule has 1 aromatic rings. The van der Waals surface area contributed by atoms with Crippen LogP contribution in [0.1, 0.15) is 45.6 Å². The van der Waals surface area contributed by atoms with Crippen molar-refractivity contribution in [2.45, 2.75) is 58.1 Å². The van der Waals surface area contributed by atoms with E-state index in [4.69, 9.17) is 9.47 Å². The first-order valence-electron chi connectivity index (χ1n) is 10.3. The van der Waals surface area contributed by atoms with E-state index in [0.29, 0.717) is 38.8 Å². The number of hydrogen-bond acceptors (Lipinski definition) is 5. The largest absolute Gasteiger partial charge is 0.497 e. The minimum atomic E-state index is -0.603. The third kappa shape index (κ3) is 8.31. The molecule has 0 atom stereocenters. The van der Waals surface area contributed by atoms with Gasteiger partial charge in [0.2, 0.25) is 11.8 Å². The van der Waals surface area contributed by atoms with E-state index >= 15 is 0 Å². The number of rotatable bonds is 7. The summed E-state index contributed by atoms with van der Waals surface area (Å²) in [6.07, 6.45) is 1.85. The number of alkyl carbamates (subject to hydrolysis) is 1. The van der Waals surface area contributed by atoms with Gasteiger partial charge in [0.15, 0.2) is 0 Å². The second kappa shape index (κ2) is 10.8. The highest BCUT2D eigenvalue weighted by molar-refractivity contribution is 5.82. The van der Waals surface area contributed by atoms with E-state index in [2.05, 4.69) is 10.6 Å². The Bertz CT molecular complexity index is 737. The molecule has 8 heteroatoms. The summed E-state index contributed by atoms with van der Waals surface area (Å²) in [5, 5.41) is 5.54. The van der Waals surface area contributed by atoms with Crippen molar-refractivity contribution in [3.05, 3.63) is 29.8 Å². The number of ether oxygens (including phenoxy) is 2. The highest BCUT2D eigenvalue weighted by Crippen LogP contribution is 2.15. The fourth-order valence-corrected chi connectivity index (χ4v) is 3.23. The third-order valence-corrected chi connectivity index (χ3v) is 4.77. The summed E-state index contributed by atoms with van der Waals surface area (Å²) in [4.78, 5) is 37.9. The predicted molar refractivity (Wildman–Crippen MR) is 113 cm³/mol. The smallest absolute Gasteiger partial charge is 0.408 e. The summed E-state index contributed by atoms with van der Waals surface area (Å²) in [5.41, 5.74) is 0.457. The van der Waals surface area contributed by atoms with Crippen LogP contribution in [0.2, 0.25) is 0 Å². The monoisotopic (exact) mass is 419 g/mol. The van der Waals surface area contributed by atoms with Crippen molar-refractivity contribution in [2.75, 3.05) is 26.7 Å². The Morgan fingerprint density at radius 2 is 1.87 bits per heavy atom. The molecule has 0 aromatic heterocycles. The molecule has 0 radical (unpaired) electrons. The number of nitrogens with zero attached hydrogens (tertiary/aromatic N) is 1. The predicted octanol–water partition coefficient (Wildman–Crippen LogP) is 2.26. The van der Waals surface area contributed by atoms with E-state index in [9.17, 15) is 14.4 Å². The van der Waals surface area contributed by atoms with Crippen molar-refractivity contribution >= 4 is 17.9 Å². The van der Waals surface area contributed by atoms with E-state index in [1.165, 1.54) is 0 Å². The highest BCUT2D eigenvalue weighted by atomic mass is 16.6. The second-order valence-electron chi connectivity index (χ2n) is 8.43. The number of aryl methyl sites for hydroxylation is 1. The molecule has 0 spiro atoms. The molecule has 166 valence electrons. The van der Waals surface area contributed by atoms with Crippen LogP contribution in [0.25, 0.3) is 0 Å². The molecular formula is C22H33N3O5. The standard InChI is InChI=1S/C22H33N3O5/c1-22(2,3)30-21(28)23-15-20(27)25-12-10-17(11-13-25)24-19(26)9-8-16-6-5-7-18(14-16)29-4/h5-7,14,17H,8-13,15H2,1-4H3,(H,23,28)(H,24,26). The van der Waals surface area contributed by atoms with Crippen LogP contribution in [0.4, 0.5) is 4.79 Å². The van der Waals surface area contributed by atoms with Crippen LogP contribution in [-0.2, 0) is 20.7 Å². The van der Waals surface area contributed by atoms with Crippen molar-refractivity contribution < 1.29 is 23.9 Å². The van der Waals surface area contributed by atoms with Gasteiger partial charge in [-0.3, -0.25) is 9.59 Å². The molecule has 0 unspecified atom stereocenters. The molecule has 1 heterocycles. The van der Waals surface area contributed by atoms with Gasteiger partial charge in [-0.1, -0.05) is 12.1 Å². The molecule has 1 aliphatic heterocycles. The molecule has 1 saturated heterocycles. The van der Waals surface area contributed by atoms with Gasteiger partial charge in [-0.05, 0) is 57.7 Å². The van der Waals surface area contributed by atoms with Crippen LogP contribution in [0.5, 0.6) is 5.75 Å². The van der Waals surface area contributed by atoms with Gasteiger partial charge < -0.3 is 25.0 Å². The first-order valence-corrected chi connectivity index (χ1v) is 10.3. The quantitative estimate of drug-likeness (QED) is 0.707. The maximum atomic E-state index is 12.3. The molecule has 3 amide bonds. The molecule has 8 nitrogen and oxygen atoms in total. The maximum absolute atomic E-state index is 12.3. The van der Waals surface area contributed by atoms with Gasteiger partial charge in [-0.25, -0.2) is 4.79 Å². The van der Waals surface area contributed by atoms with Crippen LogP contribution < -0.4 is 15.4 Å². The Morgan fingerprint density at radius 3 is 2.50 bits per heavy atom. The SMILES string of the molecule is COc1cccc(CCC(=O)NC2CCN(C(=O)CNC(=O)OC(C)(C)C)CC2)c1. The minimum Gasteiger partial charge on any atom is -0.497 e. The summed E-state index contributed by atoms with van der Waals surface area (Å²) < 4.78 is 10.3. The Morgan fingerprint density at radius 1 is 1.17 bits per heavy atom. The van der Waals surface area contributed by atoms with Gasteiger partial charge in [0, 0.05) is 25.6 Å². The Kier molecular flexibility index (Phi) is 8.50. The first-order chi connectivity index (χ1) is 14.2. The molecule has 2 rings (SSSR count).